The number of fused-ring (bicyclic) bond motifs is 8. The molecular weight excluding hydrogens is 773 g/mol. The van der Waals surface area contributed by atoms with Gasteiger partial charge < -0.3 is 19.1 Å². The van der Waals surface area contributed by atoms with Gasteiger partial charge in [0.25, 0.3) is 0 Å². The van der Waals surface area contributed by atoms with E-state index in [-0.39, 0.29) is 9.79 Å². The van der Waals surface area contributed by atoms with E-state index in [1.807, 2.05) is 121 Å². The van der Waals surface area contributed by atoms with Gasteiger partial charge in [-0.05, 0) is 95.1 Å². The first-order valence-electron chi connectivity index (χ1n) is 18.0. The van der Waals surface area contributed by atoms with E-state index < -0.39 is 20.2 Å². The number of nitrogens with one attached hydrogen (secondary N) is 2. The van der Waals surface area contributed by atoms with E-state index in [4.69, 9.17) is 9.97 Å². The summed E-state index contributed by atoms with van der Waals surface area (Å²) in [5, 5.41) is 0. The predicted molar refractivity (Wildman–Crippen MR) is 217 cm³/mol. The Bertz CT molecular complexity index is 3260. The third kappa shape index (κ3) is 7.28. The molecule has 7 aromatic rings. The number of H-pyrrole nitrogens is 2. The third-order valence-corrected chi connectivity index (χ3v) is 11.7. The first-order valence-corrected chi connectivity index (χ1v) is 20.8. The quantitative estimate of drug-likeness (QED) is 0.146. The van der Waals surface area contributed by atoms with E-state index in [2.05, 4.69) is 9.97 Å². The number of pyridine rings is 2. The van der Waals surface area contributed by atoms with Crippen LogP contribution in [0.4, 0.5) is 0 Å². The molecule has 2 aromatic carbocycles. The van der Waals surface area contributed by atoms with Crippen molar-refractivity contribution in [3.05, 3.63) is 168 Å². The lowest BCUT2D eigenvalue weighted by Gasteiger charge is -2.08. The van der Waals surface area contributed by atoms with Gasteiger partial charge in [-0.15, -0.1) is 0 Å². The summed E-state index contributed by atoms with van der Waals surface area (Å²) < 4.78 is 74.5. The van der Waals surface area contributed by atoms with Crippen molar-refractivity contribution in [3.8, 4) is 22.3 Å². The highest BCUT2D eigenvalue weighted by Crippen LogP contribution is 2.35. The number of nitrogens with zero attached hydrogens (tertiary/aromatic N) is 4. The molecule has 0 amide bonds. The van der Waals surface area contributed by atoms with Crippen LogP contribution in [0.15, 0.2) is 144 Å². The van der Waals surface area contributed by atoms with Crippen molar-refractivity contribution >= 4 is 65.6 Å². The van der Waals surface area contributed by atoms with Gasteiger partial charge in [-0.2, -0.15) is 0 Å². The highest BCUT2D eigenvalue weighted by Gasteiger charge is 2.18. The van der Waals surface area contributed by atoms with Gasteiger partial charge in [0.2, 0.25) is 0 Å². The van der Waals surface area contributed by atoms with Crippen LogP contribution >= 0.6 is 0 Å². The molecule has 0 atom stereocenters. The topological polar surface area (TPSA) is 180 Å². The van der Waals surface area contributed by atoms with Crippen LogP contribution in [0.1, 0.15) is 33.9 Å². The molecule has 286 valence electrons. The summed E-state index contributed by atoms with van der Waals surface area (Å²) in [6.07, 6.45) is 11.8. The monoisotopic (exact) mass is 804 g/mol. The lowest BCUT2D eigenvalue weighted by Crippen LogP contribution is -2.25. The molecule has 0 saturated heterocycles. The van der Waals surface area contributed by atoms with Crippen LogP contribution in [0.3, 0.4) is 0 Å². The smallest absolute Gasteiger partial charge is 0.169 e. The first kappa shape index (κ1) is 36.8. The standard InChI is InChI=1S/C44H32N6O6S2/c1-49-15-11-29(12-16-49)39-21-33-24-42-37(27-3-7-35(8-4-27)57(51,52)53)19-31(45-42)23-41-38(28-5-9-36(10-6-28)58(54,55)56)20-32(46-41)25-43-40(30-13-17-50(2)18-14-30)22-34(48-43)26-44(39)47-33/h3-26H,1-2H3,(H2-,45,46,47,48,51,52,53,54,55,56). The summed E-state index contributed by atoms with van der Waals surface area (Å²) in [4.78, 5) is 16.6. The Hall–Kier alpha value is -6.84. The average molecular weight is 805 g/mol. The minimum Gasteiger partial charge on any atom is -0.744 e. The summed E-state index contributed by atoms with van der Waals surface area (Å²) in [5.41, 5.74) is 12.0. The second-order valence-corrected chi connectivity index (χ2v) is 16.9. The molecule has 8 bridgehead atoms. The number of hydrogen-bond donors (Lipinski definition) is 2. The van der Waals surface area contributed by atoms with Crippen molar-refractivity contribution in [2.45, 2.75) is 9.79 Å². The lowest BCUT2D eigenvalue weighted by atomic mass is 10.0. The van der Waals surface area contributed by atoms with Crippen LogP contribution in [-0.2, 0) is 34.3 Å². The molecule has 0 aliphatic carbocycles. The fourth-order valence-corrected chi connectivity index (χ4v) is 8.07. The van der Waals surface area contributed by atoms with Gasteiger partial charge in [0, 0.05) is 68.6 Å². The Morgan fingerprint density at radius 2 is 0.845 bits per heavy atom. The zero-order valence-electron chi connectivity index (χ0n) is 30.9. The van der Waals surface area contributed by atoms with Gasteiger partial charge in [0.1, 0.15) is 34.3 Å². The van der Waals surface area contributed by atoms with Crippen molar-refractivity contribution < 1.29 is 35.1 Å². The van der Waals surface area contributed by atoms with Crippen LogP contribution in [-0.4, -0.2) is 45.9 Å². The fourth-order valence-electron chi connectivity index (χ4n) is 7.14. The van der Waals surface area contributed by atoms with E-state index in [0.717, 1.165) is 33.3 Å². The zero-order valence-corrected chi connectivity index (χ0v) is 32.5. The second-order valence-electron chi connectivity index (χ2n) is 14.1. The van der Waals surface area contributed by atoms with Gasteiger partial charge in [0.15, 0.2) is 24.8 Å². The number of benzene rings is 2. The van der Waals surface area contributed by atoms with E-state index in [9.17, 15) is 25.9 Å². The van der Waals surface area contributed by atoms with Gasteiger partial charge >= 0.3 is 0 Å². The number of rotatable bonds is 6. The summed E-state index contributed by atoms with van der Waals surface area (Å²) in [6, 6.07) is 31.3. The molecule has 2 aliphatic heterocycles. The molecule has 14 heteroatoms. The summed E-state index contributed by atoms with van der Waals surface area (Å²) in [6.45, 7) is 0. The minimum atomic E-state index is -4.66. The maximum absolute atomic E-state index is 11.8. The van der Waals surface area contributed by atoms with Gasteiger partial charge in [-0.3, -0.25) is 0 Å². The highest BCUT2D eigenvalue weighted by atomic mass is 32.2. The molecule has 12 nitrogen and oxygen atoms in total. The normalized spacial score (nSPS) is 13.0. The van der Waals surface area contributed by atoms with Gasteiger partial charge in [-0.25, -0.2) is 35.9 Å². The Kier molecular flexibility index (Phi) is 8.86. The Balaban J connectivity index is 1.34. The number of aromatic nitrogens is 6. The van der Waals surface area contributed by atoms with Crippen LogP contribution in [0.2, 0.25) is 0 Å². The Labute approximate surface area is 333 Å². The largest absolute Gasteiger partial charge is 0.744 e. The van der Waals surface area contributed by atoms with Crippen molar-refractivity contribution in [1.29, 1.82) is 0 Å². The molecule has 0 unspecified atom stereocenters. The molecule has 0 saturated carbocycles. The molecule has 7 heterocycles. The number of aryl methyl sites for hydroxylation is 2. The highest BCUT2D eigenvalue weighted by molar-refractivity contribution is 7.86. The van der Waals surface area contributed by atoms with Crippen molar-refractivity contribution in [2.24, 2.45) is 14.1 Å². The molecule has 2 N–H and O–H groups in total. The van der Waals surface area contributed by atoms with Gasteiger partial charge in [0.05, 0.1) is 32.6 Å². The maximum atomic E-state index is 11.8. The molecular formula is C44H32N6O6S2. The van der Waals surface area contributed by atoms with Crippen LogP contribution < -0.4 is 9.13 Å². The Morgan fingerprint density at radius 3 is 1.26 bits per heavy atom. The van der Waals surface area contributed by atoms with Crippen LogP contribution in [0, 0.1) is 0 Å². The summed E-state index contributed by atoms with van der Waals surface area (Å²) >= 11 is 0. The molecule has 9 rings (SSSR count). The summed E-state index contributed by atoms with van der Waals surface area (Å²) in [5.74, 6) is 0. The molecule has 0 fully saturated rings. The van der Waals surface area contributed by atoms with Crippen LogP contribution in [0.25, 0.3) is 67.6 Å². The molecule has 58 heavy (non-hydrogen) atoms. The van der Waals surface area contributed by atoms with Crippen molar-refractivity contribution in [1.82, 2.24) is 19.9 Å². The Morgan fingerprint density at radius 1 is 0.483 bits per heavy atom. The second kappa shape index (κ2) is 14.0. The van der Waals surface area contributed by atoms with Gasteiger partial charge in [-0.1, -0.05) is 24.3 Å². The fraction of sp³-hybridized carbons (Fsp3) is 0.0455. The minimum absolute atomic E-state index is 0.338. The SMILES string of the molecule is C[n+]1ccc(C2=Cc3cc4[nH]c(cc5nc(cc6[nH]c(cc2n3)cc6-c2ccc(S(=O)(=O)[O-])cc2)C=C5c2ccc(S(=O)(=O)[O-])cc2)cc4-c2cc[n+](C)cc2)cc1. The van der Waals surface area contributed by atoms with Crippen molar-refractivity contribution in [2.75, 3.05) is 0 Å². The molecule has 2 aliphatic rings. The molecule has 0 radical (unpaired) electrons. The third-order valence-electron chi connectivity index (χ3n) is 10.0. The molecule has 5 aromatic heterocycles. The maximum Gasteiger partial charge on any atom is 0.169 e. The number of hydrogen-bond acceptors (Lipinski definition) is 8. The van der Waals surface area contributed by atoms with Crippen LogP contribution in [0.5, 0.6) is 0 Å². The zero-order chi connectivity index (χ0) is 40.3. The van der Waals surface area contributed by atoms with E-state index >= 15 is 0 Å². The lowest BCUT2D eigenvalue weighted by molar-refractivity contribution is -0.671. The summed E-state index contributed by atoms with van der Waals surface area (Å²) in [7, 11) is -5.40. The average Bonchev–Trinajstić information content (AvgIpc) is 3.98. The predicted octanol–water partition coefficient (Wildman–Crippen LogP) is 6.28. The first-order chi connectivity index (χ1) is 27.7. The molecule has 0 spiro atoms. The van der Waals surface area contributed by atoms with E-state index in [1.165, 1.54) is 24.3 Å². The van der Waals surface area contributed by atoms with Crippen molar-refractivity contribution in [3.63, 3.8) is 0 Å². The van der Waals surface area contributed by atoms with E-state index in [0.29, 0.717) is 56.1 Å². The number of aromatic amines is 2. The van der Waals surface area contributed by atoms with E-state index in [1.54, 1.807) is 24.3 Å².